The van der Waals surface area contributed by atoms with Crippen LogP contribution in [0.4, 0.5) is 14.9 Å². The third kappa shape index (κ3) is 3.41. The van der Waals surface area contributed by atoms with Crippen LogP contribution in [0.15, 0.2) is 66.9 Å². The van der Waals surface area contributed by atoms with E-state index in [9.17, 15) is 9.18 Å². The molecule has 3 aromatic rings. The van der Waals surface area contributed by atoms with Crippen molar-refractivity contribution >= 4 is 11.7 Å². The molecule has 142 valence electrons. The number of anilines is 1. The summed E-state index contributed by atoms with van der Waals surface area (Å²) in [5, 5.41) is 5.79. The van der Waals surface area contributed by atoms with Gasteiger partial charge in [0, 0.05) is 18.3 Å². The van der Waals surface area contributed by atoms with Crippen molar-refractivity contribution in [3.8, 4) is 5.75 Å². The number of nitrogens with zero attached hydrogens (tertiary/aromatic N) is 1. The number of aromatic nitrogens is 1. The van der Waals surface area contributed by atoms with Gasteiger partial charge in [-0.25, -0.2) is 9.18 Å². The molecule has 1 atom stereocenters. The molecular weight excluding hydrogens is 357 g/mol. The van der Waals surface area contributed by atoms with Crippen LogP contribution in [0.25, 0.3) is 0 Å². The third-order valence-electron chi connectivity index (χ3n) is 4.86. The van der Waals surface area contributed by atoms with Crippen LogP contribution in [-0.4, -0.2) is 17.6 Å². The molecule has 0 aliphatic carbocycles. The van der Waals surface area contributed by atoms with Gasteiger partial charge in [-0.2, -0.15) is 0 Å². The van der Waals surface area contributed by atoms with E-state index >= 15 is 0 Å². The first-order chi connectivity index (χ1) is 13.6. The SMILES string of the molecule is Cc1ccc([C@@]2(NC(=O)Nc3cccc(F)c3)CCOc3cccnc32)cc1. The summed E-state index contributed by atoms with van der Waals surface area (Å²) in [5.74, 6) is 0.226. The van der Waals surface area contributed by atoms with Crippen molar-refractivity contribution in [1.29, 1.82) is 0 Å². The lowest BCUT2D eigenvalue weighted by Crippen LogP contribution is -2.51. The predicted molar refractivity (Wildman–Crippen MR) is 105 cm³/mol. The largest absolute Gasteiger partial charge is 0.491 e. The van der Waals surface area contributed by atoms with E-state index in [1.165, 1.54) is 12.1 Å². The van der Waals surface area contributed by atoms with Gasteiger partial charge in [0.2, 0.25) is 0 Å². The Hall–Kier alpha value is -3.41. The zero-order valence-electron chi connectivity index (χ0n) is 15.4. The maximum absolute atomic E-state index is 13.5. The Balaban J connectivity index is 1.72. The molecule has 0 spiro atoms. The monoisotopic (exact) mass is 377 g/mol. The van der Waals surface area contributed by atoms with E-state index in [4.69, 9.17) is 4.74 Å². The fourth-order valence-electron chi connectivity index (χ4n) is 3.50. The van der Waals surface area contributed by atoms with Crippen LogP contribution in [0, 0.1) is 12.7 Å². The van der Waals surface area contributed by atoms with Crippen LogP contribution in [0.5, 0.6) is 5.75 Å². The normalized spacial score (nSPS) is 17.9. The molecule has 0 fully saturated rings. The molecule has 2 amide bonds. The van der Waals surface area contributed by atoms with Gasteiger partial charge in [0.1, 0.15) is 22.8 Å². The maximum atomic E-state index is 13.5. The average molecular weight is 377 g/mol. The van der Waals surface area contributed by atoms with Crippen LogP contribution in [0.2, 0.25) is 0 Å². The van der Waals surface area contributed by atoms with Crippen molar-refractivity contribution in [1.82, 2.24) is 10.3 Å². The van der Waals surface area contributed by atoms with Gasteiger partial charge in [-0.15, -0.1) is 0 Å². The Morgan fingerprint density at radius 3 is 2.75 bits per heavy atom. The third-order valence-corrected chi connectivity index (χ3v) is 4.86. The molecule has 5 nitrogen and oxygen atoms in total. The summed E-state index contributed by atoms with van der Waals surface area (Å²) in [4.78, 5) is 17.4. The Morgan fingerprint density at radius 1 is 1.14 bits per heavy atom. The predicted octanol–water partition coefficient (Wildman–Crippen LogP) is 4.38. The molecule has 0 bridgehead atoms. The minimum absolute atomic E-state index is 0.379. The van der Waals surface area contributed by atoms with E-state index < -0.39 is 17.4 Å². The summed E-state index contributed by atoms with van der Waals surface area (Å²) in [6.45, 7) is 2.45. The van der Waals surface area contributed by atoms with Crippen LogP contribution in [0.3, 0.4) is 0 Å². The highest BCUT2D eigenvalue weighted by atomic mass is 19.1. The summed E-state index contributed by atoms with van der Waals surface area (Å²) in [6, 6.07) is 17.0. The number of urea groups is 1. The molecule has 0 unspecified atom stereocenters. The van der Waals surface area contributed by atoms with Crippen molar-refractivity contribution in [3.05, 3.63) is 89.5 Å². The summed E-state index contributed by atoms with van der Waals surface area (Å²) in [5.41, 5.74) is 2.22. The fourth-order valence-corrected chi connectivity index (χ4v) is 3.50. The number of ether oxygens (including phenoxy) is 1. The van der Waals surface area contributed by atoms with Crippen LogP contribution >= 0.6 is 0 Å². The topological polar surface area (TPSA) is 63.2 Å². The number of rotatable bonds is 3. The molecule has 0 saturated carbocycles. The van der Waals surface area contributed by atoms with E-state index in [0.29, 0.717) is 30.2 Å². The van der Waals surface area contributed by atoms with Gasteiger partial charge in [0.05, 0.1) is 6.61 Å². The molecule has 4 rings (SSSR count). The number of amides is 2. The Kier molecular flexibility index (Phi) is 4.69. The van der Waals surface area contributed by atoms with Gasteiger partial charge in [-0.1, -0.05) is 35.9 Å². The molecule has 2 aromatic carbocycles. The number of halogens is 1. The van der Waals surface area contributed by atoms with Crippen LogP contribution < -0.4 is 15.4 Å². The van der Waals surface area contributed by atoms with Gasteiger partial charge in [0.15, 0.2) is 0 Å². The molecule has 2 heterocycles. The lowest BCUT2D eigenvalue weighted by atomic mass is 9.81. The Morgan fingerprint density at radius 2 is 1.96 bits per heavy atom. The van der Waals surface area contributed by atoms with E-state index in [-0.39, 0.29) is 0 Å². The van der Waals surface area contributed by atoms with Gasteiger partial charge >= 0.3 is 6.03 Å². The van der Waals surface area contributed by atoms with Gasteiger partial charge < -0.3 is 15.4 Å². The summed E-state index contributed by atoms with van der Waals surface area (Å²) < 4.78 is 19.2. The zero-order valence-corrected chi connectivity index (χ0v) is 15.4. The van der Waals surface area contributed by atoms with Gasteiger partial charge in [-0.3, -0.25) is 4.98 Å². The van der Waals surface area contributed by atoms with Gasteiger partial charge in [0.25, 0.3) is 0 Å². The number of hydrogen-bond acceptors (Lipinski definition) is 3. The minimum Gasteiger partial charge on any atom is -0.491 e. The van der Waals surface area contributed by atoms with Crippen molar-refractivity contribution < 1.29 is 13.9 Å². The number of benzene rings is 2. The van der Waals surface area contributed by atoms with Crippen molar-refractivity contribution in [3.63, 3.8) is 0 Å². The maximum Gasteiger partial charge on any atom is 0.320 e. The molecule has 1 aliphatic heterocycles. The molecule has 28 heavy (non-hydrogen) atoms. The number of nitrogens with one attached hydrogen (secondary N) is 2. The lowest BCUT2D eigenvalue weighted by molar-refractivity contribution is 0.200. The molecule has 1 aromatic heterocycles. The highest BCUT2D eigenvalue weighted by molar-refractivity contribution is 5.90. The number of hydrogen-bond donors (Lipinski definition) is 2. The smallest absolute Gasteiger partial charge is 0.320 e. The first-order valence-electron chi connectivity index (χ1n) is 9.07. The van der Waals surface area contributed by atoms with Gasteiger partial charge in [-0.05, 0) is 42.8 Å². The lowest BCUT2D eigenvalue weighted by Gasteiger charge is -2.39. The highest BCUT2D eigenvalue weighted by Crippen LogP contribution is 2.40. The van der Waals surface area contributed by atoms with E-state index in [2.05, 4.69) is 15.6 Å². The zero-order chi connectivity index (χ0) is 19.6. The van der Waals surface area contributed by atoms with Crippen molar-refractivity contribution in [2.75, 3.05) is 11.9 Å². The fraction of sp³-hybridized carbons (Fsp3) is 0.182. The molecular formula is C22H20FN3O2. The molecule has 1 aliphatic rings. The van der Waals surface area contributed by atoms with E-state index in [1.54, 1.807) is 24.4 Å². The summed E-state index contributed by atoms with van der Waals surface area (Å²) >= 11 is 0. The molecule has 2 N–H and O–H groups in total. The number of carbonyl (C=O) groups excluding carboxylic acids is 1. The minimum atomic E-state index is -0.847. The summed E-state index contributed by atoms with van der Waals surface area (Å²) in [7, 11) is 0. The number of aryl methyl sites for hydroxylation is 1. The highest BCUT2D eigenvalue weighted by Gasteiger charge is 2.42. The van der Waals surface area contributed by atoms with E-state index in [0.717, 1.165) is 11.1 Å². The number of fused-ring (bicyclic) bond motifs is 1. The number of pyridine rings is 1. The summed E-state index contributed by atoms with van der Waals surface area (Å²) in [6.07, 6.45) is 2.21. The van der Waals surface area contributed by atoms with Crippen LogP contribution in [0.1, 0.15) is 23.2 Å². The van der Waals surface area contributed by atoms with Crippen molar-refractivity contribution in [2.24, 2.45) is 0 Å². The molecule has 0 saturated heterocycles. The first kappa shape index (κ1) is 18.0. The first-order valence-corrected chi connectivity index (χ1v) is 9.07. The second-order valence-electron chi connectivity index (χ2n) is 6.81. The standard InChI is InChI=1S/C22H20FN3O2/c1-15-7-9-16(10-8-15)22(11-13-28-19-6-3-12-24-20(19)22)26-21(27)25-18-5-2-4-17(23)14-18/h2-10,12,14H,11,13H2,1H3,(H2,25,26,27)/t22-/m0/s1. The Labute approximate surface area is 162 Å². The number of carbonyl (C=O) groups is 1. The average Bonchev–Trinajstić information content (AvgIpc) is 2.68. The Bertz CT molecular complexity index is 1010. The second kappa shape index (κ2) is 7.31. The van der Waals surface area contributed by atoms with Crippen molar-refractivity contribution in [2.45, 2.75) is 18.9 Å². The van der Waals surface area contributed by atoms with E-state index in [1.807, 2.05) is 37.3 Å². The molecule has 0 radical (unpaired) electrons. The van der Waals surface area contributed by atoms with Crippen LogP contribution in [-0.2, 0) is 5.54 Å². The quantitative estimate of drug-likeness (QED) is 0.712. The molecule has 6 heteroatoms. The second-order valence-corrected chi connectivity index (χ2v) is 6.81.